The molecule has 1 N–H and O–H groups in total. The van der Waals surface area contributed by atoms with Crippen LogP contribution in [0.15, 0.2) is 18.2 Å². The molecule has 88 valence electrons. The summed E-state index contributed by atoms with van der Waals surface area (Å²) in [5, 5.41) is 10.1. The molecule has 4 heteroatoms. The van der Waals surface area contributed by atoms with E-state index in [1.807, 2.05) is 6.92 Å². The van der Waals surface area contributed by atoms with Crippen LogP contribution in [0.5, 0.6) is 0 Å². The van der Waals surface area contributed by atoms with Crippen molar-refractivity contribution in [3.8, 4) is 0 Å². The minimum Gasteiger partial charge on any atom is -0.385 e. The molecule has 0 atom stereocenters. The smallest absolute Gasteiger partial charge is 0.126 e. The summed E-state index contributed by atoms with van der Waals surface area (Å²) < 4.78 is 31.3. The molecule has 1 aliphatic rings. The molecule has 0 aromatic heterocycles. The molecule has 0 saturated heterocycles. The van der Waals surface area contributed by atoms with Gasteiger partial charge in [0.15, 0.2) is 0 Å². The minimum atomic E-state index is -1.14. The van der Waals surface area contributed by atoms with E-state index in [1.54, 1.807) is 0 Å². The van der Waals surface area contributed by atoms with Gasteiger partial charge in [0.05, 0.1) is 11.7 Å². The van der Waals surface area contributed by atoms with Crippen molar-refractivity contribution in [2.24, 2.45) is 0 Å². The van der Waals surface area contributed by atoms with Gasteiger partial charge in [-0.15, -0.1) is 0 Å². The molecule has 0 radical (unpaired) electrons. The van der Waals surface area contributed by atoms with Crippen molar-refractivity contribution in [1.82, 2.24) is 0 Å². The van der Waals surface area contributed by atoms with Gasteiger partial charge in [-0.1, -0.05) is 0 Å². The van der Waals surface area contributed by atoms with Crippen LogP contribution in [0.25, 0.3) is 0 Å². The van der Waals surface area contributed by atoms with Gasteiger partial charge in [-0.3, -0.25) is 0 Å². The minimum absolute atomic E-state index is 0.0127. The number of aliphatic hydroxyl groups is 1. The zero-order valence-electron chi connectivity index (χ0n) is 9.04. The highest BCUT2D eigenvalue weighted by Crippen LogP contribution is 2.43. The van der Waals surface area contributed by atoms with Crippen LogP contribution in [0.3, 0.4) is 0 Å². The fraction of sp³-hybridized carbons (Fsp3) is 0.500. The second kappa shape index (κ2) is 4.11. The van der Waals surface area contributed by atoms with Crippen LogP contribution in [0.2, 0.25) is 0 Å². The summed E-state index contributed by atoms with van der Waals surface area (Å²) in [6.45, 7) is 2.46. The lowest BCUT2D eigenvalue weighted by Crippen LogP contribution is -2.46. The van der Waals surface area contributed by atoms with Gasteiger partial charge in [0.2, 0.25) is 0 Å². The lowest BCUT2D eigenvalue weighted by atomic mass is 9.73. The lowest BCUT2D eigenvalue weighted by molar-refractivity contribution is -0.142. The Labute approximate surface area is 92.9 Å². The molecule has 1 aromatic rings. The van der Waals surface area contributed by atoms with E-state index in [0.29, 0.717) is 25.0 Å². The van der Waals surface area contributed by atoms with Crippen molar-refractivity contribution in [1.29, 1.82) is 0 Å². The third-order valence-corrected chi connectivity index (χ3v) is 2.93. The van der Waals surface area contributed by atoms with E-state index in [4.69, 9.17) is 4.74 Å². The van der Waals surface area contributed by atoms with E-state index >= 15 is 0 Å². The third kappa shape index (κ3) is 2.08. The number of hydrogen-bond donors (Lipinski definition) is 1. The summed E-state index contributed by atoms with van der Waals surface area (Å²) in [6.07, 6.45) is 0.773. The van der Waals surface area contributed by atoms with E-state index in [0.717, 1.165) is 6.07 Å². The fourth-order valence-electron chi connectivity index (χ4n) is 2.11. The average Bonchev–Trinajstić information content (AvgIpc) is 2.14. The molecule has 0 spiro atoms. The average molecular weight is 228 g/mol. The topological polar surface area (TPSA) is 29.5 Å². The zero-order chi connectivity index (χ0) is 11.8. The quantitative estimate of drug-likeness (QED) is 0.860. The van der Waals surface area contributed by atoms with Crippen LogP contribution < -0.4 is 0 Å². The Hall–Kier alpha value is -1.00. The predicted octanol–water partition coefficient (Wildman–Crippen LogP) is 2.35. The van der Waals surface area contributed by atoms with Gasteiger partial charge in [-0.2, -0.15) is 0 Å². The summed E-state index contributed by atoms with van der Waals surface area (Å²) in [4.78, 5) is 0. The normalized spacial score (nSPS) is 28.9. The van der Waals surface area contributed by atoms with E-state index < -0.39 is 17.2 Å². The van der Waals surface area contributed by atoms with Crippen LogP contribution in [0.4, 0.5) is 8.78 Å². The molecule has 0 aliphatic heterocycles. The van der Waals surface area contributed by atoms with Crippen LogP contribution >= 0.6 is 0 Å². The van der Waals surface area contributed by atoms with E-state index in [2.05, 4.69) is 0 Å². The molecule has 2 nitrogen and oxygen atoms in total. The van der Waals surface area contributed by atoms with Crippen LogP contribution in [-0.4, -0.2) is 17.8 Å². The molecule has 1 saturated carbocycles. The summed E-state index contributed by atoms with van der Waals surface area (Å²) in [5.74, 6) is -1.33. The first-order chi connectivity index (χ1) is 7.53. The van der Waals surface area contributed by atoms with Gasteiger partial charge < -0.3 is 9.84 Å². The predicted molar refractivity (Wildman–Crippen MR) is 54.9 cm³/mol. The molecule has 0 amide bonds. The monoisotopic (exact) mass is 228 g/mol. The maximum Gasteiger partial charge on any atom is 0.126 e. The van der Waals surface area contributed by atoms with Crippen molar-refractivity contribution in [2.75, 3.05) is 6.61 Å². The molecular formula is C12H14F2O2. The van der Waals surface area contributed by atoms with E-state index in [1.165, 1.54) is 12.1 Å². The summed E-state index contributed by atoms with van der Waals surface area (Å²) in [6, 6.07) is 3.14. The largest absolute Gasteiger partial charge is 0.385 e. The number of benzene rings is 1. The summed E-state index contributed by atoms with van der Waals surface area (Å²) in [5.41, 5.74) is -0.844. The van der Waals surface area contributed by atoms with Gasteiger partial charge in [0, 0.05) is 25.5 Å². The summed E-state index contributed by atoms with van der Waals surface area (Å²) in [7, 11) is 0. The second-order valence-electron chi connectivity index (χ2n) is 4.18. The number of halogens is 2. The molecule has 1 fully saturated rings. The van der Waals surface area contributed by atoms with Crippen molar-refractivity contribution in [3.05, 3.63) is 35.4 Å². The molecule has 0 bridgehead atoms. The highest BCUT2D eigenvalue weighted by atomic mass is 19.1. The first kappa shape index (κ1) is 11.5. The Morgan fingerprint density at radius 1 is 1.31 bits per heavy atom. The van der Waals surface area contributed by atoms with Crippen molar-refractivity contribution in [2.45, 2.75) is 31.5 Å². The molecule has 0 heterocycles. The number of rotatable bonds is 3. The Bertz CT molecular complexity index is 366. The first-order valence-corrected chi connectivity index (χ1v) is 5.34. The Balaban J connectivity index is 2.13. The molecule has 0 unspecified atom stereocenters. The number of ether oxygens (including phenoxy) is 1. The lowest BCUT2D eigenvalue weighted by Gasteiger charge is -2.43. The molecule has 16 heavy (non-hydrogen) atoms. The SMILES string of the molecule is CCOC1CC(O)(c2cc(F)cc(F)c2)C1. The molecule has 1 aromatic carbocycles. The maximum atomic E-state index is 13.0. The van der Waals surface area contributed by atoms with Crippen molar-refractivity contribution in [3.63, 3.8) is 0 Å². The first-order valence-electron chi connectivity index (χ1n) is 5.34. The molecule has 1 aliphatic carbocycles. The molecular weight excluding hydrogens is 214 g/mol. The van der Waals surface area contributed by atoms with Crippen molar-refractivity contribution >= 4 is 0 Å². The Morgan fingerprint density at radius 3 is 2.38 bits per heavy atom. The molecule has 2 rings (SSSR count). The third-order valence-electron chi connectivity index (χ3n) is 2.93. The number of hydrogen-bond acceptors (Lipinski definition) is 2. The fourth-order valence-corrected chi connectivity index (χ4v) is 2.11. The van der Waals surface area contributed by atoms with Gasteiger partial charge in [0.1, 0.15) is 11.6 Å². The van der Waals surface area contributed by atoms with Crippen molar-refractivity contribution < 1.29 is 18.6 Å². The van der Waals surface area contributed by atoms with Crippen LogP contribution in [0, 0.1) is 11.6 Å². The standard InChI is InChI=1S/C12H14F2O2/c1-2-16-11-6-12(15,7-11)8-3-9(13)5-10(14)4-8/h3-5,11,15H,2,6-7H2,1H3. The maximum absolute atomic E-state index is 13.0. The van der Waals surface area contributed by atoms with Gasteiger partial charge >= 0.3 is 0 Å². The zero-order valence-corrected chi connectivity index (χ0v) is 9.04. The highest BCUT2D eigenvalue weighted by molar-refractivity contribution is 5.27. The second-order valence-corrected chi connectivity index (χ2v) is 4.18. The van der Waals surface area contributed by atoms with Crippen LogP contribution in [0.1, 0.15) is 25.3 Å². The van der Waals surface area contributed by atoms with E-state index in [-0.39, 0.29) is 6.10 Å². The van der Waals surface area contributed by atoms with Crippen LogP contribution in [-0.2, 0) is 10.3 Å². The van der Waals surface area contributed by atoms with Gasteiger partial charge in [-0.05, 0) is 24.6 Å². The Morgan fingerprint density at radius 2 is 1.88 bits per heavy atom. The highest BCUT2D eigenvalue weighted by Gasteiger charge is 2.44. The van der Waals surface area contributed by atoms with E-state index in [9.17, 15) is 13.9 Å². The summed E-state index contributed by atoms with van der Waals surface area (Å²) >= 11 is 0. The van der Waals surface area contributed by atoms with Gasteiger partial charge in [-0.25, -0.2) is 8.78 Å². The van der Waals surface area contributed by atoms with Gasteiger partial charge in [0.25, 0.3) is 0 Å². The Kier molecular flexibility index (Phi) is 2.95.